The van der Waals surface area contributed by atoms with Crippen molar-refractivity contribution >= 4 is 11.9 Å². The summed E-state index contributed by atoms with van der Waals surface area (Å²) in [7, 11) is 0. The van der Waals surface area contributed by atoms with Gasteiger partial charge in [-0.2, -0.15) is 0 Å². The summed E-state index contributed by atoms with van der Waals surface area (Å²) in [5.74, 6) is -1.24. The zero-order chi connectivity index (χ0) is 14.1. The van der Waals surface area contributed by atoms with E-state index in [4.69, 9.17) is 0 Å². The molecule has 1 N–H and O–H groups in total. The van der Waals surface area contributed by atoms with Gasteiger partial charge in [0.15, 0.2) is 6.04 Å². The van der Waals surface area contributed by atoms with Crippen LogP contribution in [0.1, 0.15) is 27.5 Å². The SMILES string of the molecule is O=C(O)[C@H](c1ccccc1)N1Cc2ccccc2C1=O. The molecule has 3 rings (SSSR count). The van der Waals surface area contributed by atoms with Crippen LogP contribution in [0.15, 0.2) is 54.6 Å². The quantitative estimate of drug-likeness (QED) is 0.929. The van der Waals surface area contributed by atoms with Crippen molar-refractivity contribution in [2.45, 2.75) is 12.6 Å². The van der Waals surface area contributed by atoms with E-state index in [9.17, 15) is 14.7 Å². The first-order valence-corrected chi connectivity index (χ1v) is 6.35. The predicted molar refractivity (Wildman–Crippen MR) is 73.1 cm³/mol. The van der Waals surface area contributed by atoms with Crippen molar-refractivity contribution in [1.29, 1.82) is 0 Å². The largest absolute Gasteiger partial charge is 0.479 e. The number of hydrogen-bond acceptors (Lipinski definition) is 2. The van der Waals surface area contributed by atoms with Gasteiger partial charge in [-0.15, -0.1) is 0 Å². The minimum Gasteiger partial charge on any atom is -0.479 e. The van der Waals surface area contributed by atoms with E-state index in [0.717, 1.165) is 5.56 Å². The van der Waals surface area contributed by atoms with Crippen molar-refractivity contribution in [3.05, 3.63) is 71.3 Å². The molecule has 0 aromatic heterocycles. The number of benzene rings is 2. The molecule has 0 saturated carbocycles. The summed E-state index contributed by atoms with van der Waals surface area (Å²) >= 11 is 0. The van der Waals surface area contributed by atoms with Gasteiger partial charge in [0, 0.05) is 12.1 Å². The molecule has 0 bridgehead atoms. The normalized spacial score (nSPS) is 15.0. The molecule has 0 unspecified atom stereocenters. The van der Waals surface area contributed by atoms with Crippen molar-refractivity contribution in [2.75, 3.05) is 0 Å². The van der Waals surface area contributed by atoms with Gasteiger partial charge in [0.25, 0.3) is 5.91 Å². The Morgan fingerprint density at radius 2 is 1.70 bits per heavy atom. The molecule has 0 saturated heterocycles. The van der Waals surface area contributed by atoms with Crippen molar-refractivity contribution < 1.29 is 14.7 Å². The van der Waals surface area contributed by atoms with E-state index in [-0.39, 0.29) is 5.91 Å². The number of hydrogen-bond donors (Lipinski definition) is 1. The van der Waals surface area contributed by atoms with Crippen LogP contribution in [0.25, 0.3) is 0 Å². The first-order chi connectivity index (χ1) is 9.68. The van der Waals surface area contributed by atoms with E-state index in [1.807, 2.05) is 18.2 Å². The first-order valence-electron chi connectivity index (χ1n) is 6.35. The number of nitrogens with zero attached hydrogens (tertiary/aromatic N) is 1. The fourth-order valence-electron chi connectivity index (χ4n) is 2.58. The maximum atomic E-state index is 12.4. The molecule has 0 fully saturated rings. The second-order valence-electron chi connectivity index (χ2n) is 4.74. The maximum Gasteiger partial charge on any atom is 0.331 e. The minimum absolute atomic E-state index is 0.225. The van der Waals surface area contributed by atoms with Gasteiger partial charge in [0.1, 0.15) is 0 Å². The van der Waals surface area contributed by atoms with Crippen molar-refractivity contribution in [1.82, 2.24) is 4.90 Å². The highest BCUT2D eigenvalue weighted by Gasteiger charge is 2.36. The Morgan fingerprint density at radius 3 is 2.35 bits per heavy atom. The number of carboxylic acid groups (broad SMARTS) is 1. The van der Waals surface area contributed by atoms with Gasteiger partial charge < -0.3 is 10.0 Å². The Kier molecular flexibility index (Phi) is 2.99. The zero-order valence-corrected chi connectivity index (χ0v) is 10.7. The smallest absolute Gasteiger partial charge is 0.331 e. The van der Waals surface area contributed by atoms with Crippen LogP contribution in [0.5, 0.6) is 0 Å². The molecule has 1 heterocycles. The number of aliphatic carboxylic acids is 1. The maximum absolute atomic E-state index is 12.4. The number of carboxylic acids is 1. The van der Waals surface area contributed by atoms with Crippen LogP contribution >= 0.6 is 0 Å². The van der Waals surface area contributed by atoms with Crippen LogP contribution in [-0.2, 0) is 11.3 Å². The third-order valence-corrected chi connectivity index (χ3v) is 3.51. The molecule has 0 aliphatic carbocycles. The fraction of sp³-hybridized carbons (Fsp3) is 0.125. The number of rotatable bonds is 3. The summed E-state index contributed by atoms with van der Waals surface area (Å²) in [5.41, 5.74) is 2.08. The molecule has 4 heteroatoms. The molecule has 0 spiro atoms. The lowest BCUT2D eigenvalue weighted by Crippen LogP contribution is -2.34. The molecular weight excluding hydrogens is 254 g/mol. The Labute approximate surface area is 116 Å². The van der Waals surface area contributed by atoms with Gasteiger partial charge in [-0.1, -0.05) is 48.5 Å². The second-order valence-corrected chi connectivity index (χ2v) is 4.74. The Hall–Kier alpha value is -2.62. The third kappa shape index (κ3) is 1.95. The number of fused-ring (bicyclic) bond motifs is 1. The van der Waals surface area contributed by atoms with E-state index < -0.39 is 12.0 Å². The third-order valence-electron chi connectivity index (χ3n) is 3.51. The average molecular weight is 267 g/mol. The van der Waals surface area contributed by atoms with Gasteiger partial charge in [-0.05, 0) is 17.2 Å². The van der Waals surface area contributed by atoms with Gasteiger partial charge in [-0.25, -0.2) is 4.79 Å². The van der Waals surface area contributed by atoms with E-state index in [1.54, 1.807) is 36.4 Å². The molecule has 1 aliphatic heterocycles. The molecule has 20 heavy (non-hydrogen) atoms. The number of amides is 1. The van der Waals surface area contributed by atoms with E-state index in [2.05, 4.69) is 0 Å². The Bertz CT molecular complexity index is 666. The summed E-state index contributed by atoms with van der Waals surface area (Å²) in [6.07, 6.45) is 0. The number of carbonyl (C=O) groups excluding carboxylic acids is 1. The van der Waals surface area contributed by atoms with Crippen LogP contribution in [0.2, 0.25) is 0 Å². The van der Waals surface area contributed by atoms with Gasteiger partial charge in [-0.3, -0.25) is 4.79 Å². The molecule has 1 aliphatic rings. The number of carbonyl (C=O) groups is 2. The Morgan fingerprint density at radius 1 is 1.05 bits per heavy atom. The van der Waals surface area contributed by atoms with Crippen LogP contribution in [0.4, 0.5) is 0 Å². The van der Waals surface area contributed by atoms with Crippen molar-refractivity contribution in [2.24, 2.45) is 0 Å². The lowest BCUT2D eigenvalue weighted by Gasteiger charge is -2.24. The molecule has 2 aromatic carbocycles. The van der Waals surface area contributed by atoms with E-state index in [1.165, 1.54) is 4.90 Å². The monoisotopic (exact) mass is 267 g/mol. The zero-order valence-electron chi connectivity index (χ0n) is 10.7. The topological polar surface area (TPSA) is 57.6 Å². The van der Waals surface area contributed by atoms with Crippen molar-refractivity contribution in [3.63, 3.8) is 0 Å². The highest BCUT2D eigenvalue weighted by atomic mass is 16.4. The van der Waals surface area contributed by atoms with Crippen LogP contribution in [-0.4, -0.2) is 21.9 Å². The molecular formula is C16H13NO3. The van der Waals surface area contributed by atoms with E-state index in [0.29, 0.717) is 17.7 Å². The second kappa shape index (κ2) is 4.81. The molecule has 2 aromatic rings. The van der Waals surface area contributed by atoms with Crippen LogP contribution in [0, 0.1) is 0 Å². The minimum atomic E-state index is -1.02. The highest BCUT2D eigenvalue weighted by Crippen LogP contribution is 2.31. The molecule has 1 amide bonds. The molecule has 100 valence electrons. The van der Waals surface area contributed by atoms with Gasteiger partial charge >= 0.3 is 5.97 Å². The van der Waals surface area contributed by atoms with Gasteiger partial charge in [0.05, 0.1) is 0 Å². The molecule has 0 radical (unpaired) electrons. The lowest BCUT2D eigenvalue weighted by atomic mass is 10.1. The summed E-state index contributed by atoms with van der Waals surface area (Å²) in [6, 6.07) is 15.1. The Balaban J connectivity index is 2.00. The first kappa shape index (κ1) is 12.4. The summed E-state index contributed by atoms with van der Waals surface area (Å²) in [5, 5.41) is 9.49. The summed E-state index contributed by atoms with van der Waals surface area (Å²) in [6.45, 7) is 0.334. The summed E-state index contributed by atoms with van der Waals surface area (Å²) in [4.78, 5) is 25.4. The predicted octanol–water partition coefficient (Wildman–Crippen LogP) is 2.47. The lowest BCUT2D eigenvalue weighted by molar-refractivity contribution is -0.142. The van der Waals surface area contributed by atoms with E-state index >= 15 is 0 Å². The van der Waals surface area contributed by atoms with Crippen molar-refractivity contribution in [3.8, 4) is 0 Å². The standard InChI is InChI=1S/C16H13NO3/c18-15-13-9-5-4-8-12(13)10-17(15)14(16(19)20)11-6-2-1-3-7-11/h1-9,14H,10H2,(H,19,20)/t14-/m0/s1. The molecule has 1 atom stereocenters. The summed E-state index contributed by atoms with van der Waals surface area (Å²) < 4.78 is 0. The average Bonchev–Trinajstić information content (AvgIpc) is 2.78. The fourth-order valence-corrected chi connectivity index (χ4v) is 2.58. The highest BCUT2D eigenvalue weighted by molar-refractivity contribution is 6.00. The molecule has 4 nitrogen and oxygen atoms in total. The van der Waals surface area contributed by atoms with Gasteiger partial charge in [0.2, 0.25) is 0 Å². The van der Waals surface area contributed by atoms with Crippen LogP contribution < -0.4 is 0 Å². The van der Waals surface area contributed by atoms with Crippen LogP contribution in [0.3, 0.4) is 0 Å².